The number of para-hydroxylation sites is 1. The van der Waals surface area contributed by atoms with Gasteiger partial charge >= 0.3 is 0 Å². The van der Waals surface area contributed by atoms with Crippen LogP contribution in [0.1, 0.15) is 28.3 Å². The van der Waals surface area contributed by atoms with Crippen LogP contribution in [0.2, 0.25) is 10.0 Å². The largest absolute Gasteiger partial charge is 0.276 e. The fraction of sp³-hybridized carbons (Fsp3) is 0.217. The lowest BCUT2D eigenvalue weighted by atomic mass is 10.2. The molecule has 2 aromatic heterocycles. The van der Waals surface area contributed by atoms with E-state index in [2.05, 4.69) is 14.9 Å². The first-order chi connectivity index (χ1) is 15.6. The number of halogens is 2. The van der Waals surface area contributed by atoms with Gasteiger partial charge in [0, 0.05) is 10.0 Å². The predicted molar refractivity (Wildman–Crippen MR) is 131 cm³/mol. The van der Waals surface area contributed by atoms with Crippen molar-refractivity contribution in [3.63, 3.8) is 0 Å². The number of hydrogen-bond acceptors (Lipinski definition) is 4. The van der Waals surface area contributed by atoms with Gasteiger partial charge in [0.25, 0.3) is 10.0 Å². The van der Waals surface area contributed by atoms with Crippen molar-refractivity contribution < 1.29 is 8.42 Å². The average Bonchev–Trinajstić information content (AvgIpc) is 3.20. The van der Waals surface area contributed by atoms with E-state index in [-0.39, 0.29) is 4.90 Å². The normalized spacial score (nSPS) is 11.7. The molecule has 7 nitrogen and oxygen atoms in total. The first kappa shape index (κ1) is 23.4. The van der Waals surface area contributed by atoms with Gasteiger partial charge in [-0.25, -0.2) is 13.1 Å². The van der Waals surface area contributed by atoms with Gasteiger partial charge in [0.15, 0.2) is 0 Å². The van der Waals surface area contributed by atoms with Gasteiger partial charge in [0.05, 0.1) is 40.7 Å². The van der Waals surface area contributed by atoms with Crippen molar-refractivity contribution in [1.82, 2.24) is 19.6 Å². The predicted octanol–water partition coefficient (Wildman–Crippen LogP) is 5.46. The minimum atomic E-state index is -3.91. The fourth-order valence-electron chi connectivity index (χ4n) is 3.83. The summed E-state index contributed by atoms with van der Waals surface area (Å²) in [6.07, 6.45) is 0. The van der Waals surface area contributed by atoms with Gasteiger partial charge in [-0.05, 0) is 57.5 Å². The first-order valence-electron chi connectivity index (χ1n) is 10.2. The van der Waals surface area contributed by atoms with Crippen LogP contribution in [0.25, 0.3) is 5.69 Å². The Balaban J connectivity index is 1.68. The topological polar surface area (TPSA) is 81.8 Å². The number of nitrogens with zero attached hydrogens (tertiary/aromatic N) is 4. The lowest BCUT2D eigenvalue weighted by Gasteiger charge is -2.11. The fourth-order valence-corrected chi connectivity index (χ4v) is 5.87. The highest BCUT2D eigenvalue weighted by molar-refractivity contribution is 7.92. The van der Waals surface area contributed by atoms with Crippen molar-refractivity contribution in [2.24, 2.45) is 0 Å². The maximum Gasteiger partial charge on any atom is 0.265 e. The zero-order valence-corrected chi connectivity index (χ0v) is 20.9. The summed E-state index contributed by atoms with van der Waals surface area (Å²) in [5.74, 6) is 0. The molecule has 0 atom stereocenters. The van der Waals surface area contributed by atoms with Crippen molar-refractivity contribution in [3.05, 3.63) is 86.9 Å². The number of aryl methyl sites for hydroxylation is 2. The van der Waals surface area contributed by atoms with Gasteiger partial charge in [-0.1, -0.05) is 47.5 Å². The standard InChI is InChI=1S/C23H23Cl2N5O2S/c1-14-22(16(3)29(26-14)13-18-10-11-19(24)12-21(18)25)28-33(31,32)23-15(2)27-30(17(23)4)20-8-6-5-7-9-20/h5-12,28H,13H2,1-4H3. The lowest BCUT2D eigenvalue weighted by Crippen LogP contribution is -2.16. The first-order valence-corrected chi connectivity index (χ1v) is 12.4. The zero-order valence-electron chi connectivity index (χ0n) is 18.6. The lowest BCUT2D eigenvalue weighted by molar-refractivity contribution is 0.600. The Morgan fingerprint density at radius 2 is 1.61 bits per heavy atom. The van der Waals surface area contributed by atoms with Crippen molar-refractivity contribution >= 4 is 38.9 Å². The van der Waals surface area contributed by atoms with E-state index in [9.17, 15) is 8.42 Å². The highest BCUT2D eigenvalue weighted by Crippen LogP contribution is 2.29. The number of nitrogens with one attached hydrogen (secondary N) is 1. The molecule has 2 heterocycles. The van der Waals surface area contributed by atoms with Gasteiger partial charge in [0.1, 0.15) is 4.90 Å². The maximum absolute atomic E-state index is 13.4. The highest BCUT2D eigenvalue weighted by Gasteiger charge is 2.27. The van der Waals surface area contributed by atoms with Crippen molar-refractivity contribution in [2.45, 2.75) is 39.1 Å². The summed E-state index contributed by atoms with van der Waals surface area (Å²) < 4.78 is 32.9. The van der Waals surface area contributed by atoms with E-state index in [1.807, 2.05) is 43.3 Å². The minimum Gasteiger partial charge on any atom is -0.276 e. The summed E-state index contributed by atoms with van der Waals surface area (Å²) >= 11 is 12.3. The maximum atomic E-state index is 13.4. The van der Waals surface area contributed by atoms with Crippen LogP contribution in [0, 0.1) is 27.7 Å². The van der Waals surface area contributed by atoms with Crippen molar-refractivity contribution in [1.29, 1.82) is 0 Å². The summed E-state index contributed by atoms with van der Waals surface area (Å²) in [5.41, 5.74) is 4.24. The third-order valence-electron chi connectivity index (χ3n) is 5.45. The SMILES string of the molecule is Cc1nn(Cc2ccc(Cl)cc2Cl)c(C)c1NS(=O)(=O)c1c(C)nn(-c2ccccc2)c1C. The molecule has 10 heteroatoms. The van der Waals surface area contributed by atoms with Crippen LogP contribution in [0.4, 0.5) is 5.69 Å². The molecule has 4 rings (SSSR count). The third kappa shape index (κ3) is 4.51. The summed E-state index contributed by atoms with van der Waals surface area (Å²) in [4.78, 5) is 0.152. The van der Waals surface area contributed by atoms with E-state index in [1.54, 1.807) is 42.3 Å². The van der Waals surface area contributed by atoms with Gasteiger partial charge in [-0.3, -0.25) is 9.40 Å². The number of anilines is 1. The van der Waals surface area contributed by atoms with Crippen molar-refractivity contribution in [3.8, 4) is 5.69 Å². The van der Waals surface area contributed by atoms with Crippen LogP contribution in [-0.2, 0) is 16.6 Å². The molecule has 0 fully saturated rings. The second-order valence-corrected chi connectivity index (χ2v) is 10.3. The monoisotopic (exact) mass is 503 g/mol. The van der Waals surface area contributed by atoms with E-state index >= 15 is 0 Å². The molecule has 0 aliphatic carbocycles. The van der Waals surface area contributed by atoms with Gasteiger partial charge in [-0.2, -0.15) is 10.2 Å². The molecule has 2 aromatic carbocycles. The molecule has 33 heavy (non-hydrogen) atoms. The zero-order chi connectivity index (χ0) is 23.9. The smallest absolute Gasteiger partial charge is 0.265 e. The Kier molecular flexibility index (Phi) is 6.26. The molecule has 0 spiro atoms. The number of aromatic nitrogens is 4. The van der Waals surface area contributed by atoms with Crippen LogP contribution >= 0.6 is 23.2 Å². The Morgan fingerprint density at radius 3 is 2.27 bits per heavy atom. The van der Waals surface area contributed by atoms with E-state index in [4.69, 9.17) is 23.2 Å². The van der Waals surface area contributed by atoms with Crippen LogP contribution in [0.3, 0.4) is 0 Å². The molecular weight excluding hydrogens is 481 g/mol. The molecule has 172 valence electrons. The van der Waals surface area contributed by atoms with Crippen LogP contribution in [0.15, 0.2) is 53.4 Å². The van der Waals surface area contributed by atoms with E-state index in [0.29, 0.717) is 45.1 Å². The summed E-state index contributed by atoms with van der Waals surface area (Å²) in [5, 5.41) is 10.1. The van der Waals surface area contributed by atoms with Gasteiger partial charge in [0.2, 0.25) is 0 Å². The molecule has 0 saturated heterocycles. The molecule has 0 amide bonds. The van der Waals surface area contributed by atoms with Crippen LogP contribution < -0.4 is 4.72 Å². The second kappa shape index (κ2) is 8.85. The molecule has 0 radical (unpaired) electrons. The molecule has 0 aliphatic rings. The molecule has 0 unspecified atom stereocenters. The van der Waals surface area contributed by atoms with Crippen molar-refractivity contribution in [2.75, 3.05) is 4.72 Å². The molecular formula is C23H23Cl2N5O2S. The van der Waals surface area contributed by atoms with Gasteiger partial charge in [-0.15, -0.1) is 0 Å². The molecule has 4 aromatic rings. The quantitative estimate of drug-likeness (QED) is 0.378. The molecule has 1 N–H and O–H groups in total. The number of rotatable bonds is 6. The molecule has 0 saturated carbocycles. The van der Waals surface area contributed by atoms with Gasteiger partial charge < -0.3 is 0 Å². The number of sulfonamides is 1. The number of hydrogen-bond donors (Lipinski definition) is 1. The summed E-state index contributed by atoms with van der Waals surface area (Å²) in [6, 6.07) is 14.7. The summed E-state index contributed by atoms with van der Waals surface area (Å²) in [7, 11) is -3.91. The Bertz CT molecular complexity index is 1440. The highest BCUT2D eigenvalue weighted by atomic mass is 35.5. The van der Waals surface area contributed by atoms with Crippen LogP contribution in [-0.4, -0.2) is 28.0 Å². The third-order valence-corrected chi connectivity index (χ3v) is 7.64. The molecule has 0 bridgehead atoms. The Morgan fingerprint density at radius 1 is 0.909 bits per heavy atom. The molecule has 0 aliphatic heterocycles. The van der Waals surface area contributed by atoms with Crippen LogP contribution in [0.5, 0.6) is 0 Å². The second-order valence-electron chi connectivity index (χ2n) is 7.79. The average molecular weight is 504 g/mol. The van der Waals surface area contributed by atoms with E-state index in [0.717, 1.165) is 11.3 Å². The summed E-state index contributed by atoms with van der Waals surface area (Å²) in [6.45, 7) is 7.39. The Labute approximate surface area is 203 Å². The van der Waals surface area contributed by atoms with E-state index in [1.165, 1.54) is 0 Å². The van der Waals surface area contributed by atoms with E-state index < -0.39 is 10.0 Å². The minimum absolute atomic E-state index is 0.152. The Hall–Kier alpha value is -2.81. The number of benzene rings is 2.